The average Bonchev–Trinajstić information content (AvgIpc) is 3.43. The maximum atomic E-state index is 13.7. The second kappa shape index (κ2) is 9.23. The van der Waals surface area contributed by atoms with Crippen LogP contribution in [0.1, 0.15) is 39.5 Å². The highest BCUT2D eigenvalue weighted by Gasteiger charge is 2.26. The zero-order valence-electron chi connectivity index (χ0n) is 17.4. The van der Waals surface area contributed by atoms with Crippen LogP contribution in [0.3, 0.4) is 0 Å². The van der Waals surface area contributed by atoms with Gasteiger partial charge in [0, 0.05) is 36.2 Å². The van der Waals surface area contributed by atoms with Crippen LogP contribution in [0, 0.1) is 12.7 Å². The number of aliphatic hydroxyl groups excluding tert-OH is 1. The van der Waals surface area contributed by atoms with Crippen LogP contribution in [-0.2, 0) is 4.74 Å². The van der Waals surface area contributed by atoms with Gasteiger partial charge in [0.15, 0.2) is 0 Å². The molecule has 3 heterocycles. The molecule has 2 aromatic heterocycles. The average molecular weight is 460 g/mol. The number of aromatic nitrogens is 3. The molecule has 4 N–H and O–H groups in total. The molecule has 1 fully saturated rings. The number of nitrogens with two attached hydrogens (primary N) is 1. The van der Waals surface area contributed by atoms with Gasteiger partial charge in [-0.15, -0.1) is 0 Å². The Balaban J connectivity index is 1.82. The minimum atomic E-state index is -0.695. The maximum Gasteiger partial charge on any atom is 0.250 e. The molecule has 1 unspecified atom stereocenters. The molecule has 32 heavy (non-hydrogen) atoms. The fourth-order valence-corrected chi connectivity index (χ4v) is 4.04. The minimum Gasteiger partial charge on any atom is -0.395 e. The SMILES string of the molecule is Cc1cnc(NC2CCOC2)nc1-n1ccc(C(N)=O)c1[C@@H](CO)c1ccc(F)c(Cl)c1. The largest absolute Gasteiger partial charge is 0.395 e. The molecule has 0 saturated carbocycles. The summed E-state index contributed by atoms with van der Waals surface area (Å²) in [5.41, 5.74) is 7.57. The van der Waals surface area contributed by atoms with Crippen LogP contribution in [0.2, 0.25) is 5.02 Å². The van der Waals surface area contributed by atoms with E-state index in [1.807, 2.05) is 6.92 Å². The van der Waals surface area contributed by atoms with Crippen LogP contribution < -0.4 is 11.1 Å². The van der Waals surface area contributed by atoms with Crippen molar-refractivity contribution < 1.29 is 19.0 Å². The highest BCUT2D eigenvalue weighted by Crippen LogP contribution is 2.32. The third-order valence-electron chi connectivity index (χ3n) is 5.49. The van der Waals surface area contributed by atoms with Gasteiger partial charge in [0.2, 0.25) is 5.95 Å². The molecular formula is C22H23ClFN5O3. The van der Waals surface area contributed by atoms with Gasteiger partial charge in [-0.05, 0) is 37.1 Å². The van der Waals surface area contributed by atoms with Gasteiger partial charge in [-0.25, -0.2) is 9.37 Å². The second-order valence-electron chi connectivity index (χ2n) is 7.66. The Morgan fingerprint density at radius 2 is 2.28 bits per heavy atom. The molecule has 3 aromatic rings. The van der Waals surface area contributed by atoms with E-state index in [1.165, 1.54) is 18.2 Å². The molecule has 1 saturated heterocycles. The van der Waals surface area contributed by atoms with Gasteiger partial charge in [0.05, 0.1) is 29.8 Å². The first-order chi connectivity index (χ1) is 15.4. The highest BCUT2D eigenvalue weighted by atomic mass is 35.5. The van der Waals surface area contributed by atoms with E-state index in [0.717, 1.165) is 12.0 Å². The van der Waals surface area contributed by atoms with Crippen LogP contribution >= 0.6 is 11.6 Å². The number of aryl methyl sites for hydroxylation is 1. The number of anilines is 1. The molecule has 1 amide bonds. The van der Waals surface area contributed by atoms with Gasteiger partial charge in [-0.3, -0.25) is 4.79 Å². The molecule has 2 atom stereocenters. The van der Waals surface area contributed by atoms with E-state index in [0.29, 0.717) is 36.2 Å². The summed E-state index contributed by atoms with van der Waals surface area (Å²) in [5.74, 6) is -0.976. The molecule has 8 nitrogen and oxygen atoms in total. The lowest BCUT2D eigenvalue weighted by Gasteiger charge is -2.21. The van der Waals surface area contributed by atoms with Gasteiger partial charge >= 0.3 is 0 Å². The topological polar surface area (TPSA) is 115 Å². The van der Waals surface area contributed by atoms with Crippen molar-refractivity contribution in [3.8, 4) is 5.82 Å². The van der Waals surface area contributed by atoms with Gasteiger partial charge in [-0.2, -0.15) is 4.98 Å². The number of primary amides is 1. The van der Waals surface area contributed by atoms with Crippen molar-refractivity contribution in [2.24, 2.45) is 5.73 Å². The Bertz CT molecular complexity index is 1150. The number of carbonyl (C=O) groups excluding carboxylic acids is 1. The Morgan fingerprint density at radius 3 is 2.94 bits per heavy atom. The number of halogens is 2. The first-order valence-electron chi connectivity index (χ1n) is 10.1. The van der Waals surface area contributed by atoms with Crippen molar-refractivity contribution in [2.75, 3.05) is 25.1 Å². The summed E-state index contributed by atoms with van der Waals surface area (Å²) >= 11 is 5.97. The molecule has 0 aliphatic carbocycles. The number of aliphatic hydroxyl groups is 1. The summed E-state index contributed by atoms with van der Waals surface area (Å²) < 4.78 is 20.8. The van der Waals surface area contributed by atoms with E-state index in [2.05, 4.69) is 15.3 Å². The third kappa shape index (κ3) is 4.32. The number of nitrogens with zero attached hydrogens (tertiary/aromatic N) is 3. The third-order valence-corrected chi connectivity index (χ3v) is 5.78. The lowest BCUT2D eigenvalue weighted by Crippen LogP contribution is -2.22. The predicted octanol–water partition coefficient (Wildman–Crippen LogP) is 2.79. The highest BCUT2D eigenvalue weighted by molar-refractivity contribution is 6.30. The van der Waals surface area contributed by atoms with Crippen LogP contribution in [0.4, 0.5) is 10.3 Å². The summed E-state index contributed by atoms with van der Waals surface area (Å²) in [6.45, 7) is 2.73. The molecule has 1 aliphatic heterocycles. The molecule has 0 bridgehead atoms. The summed E-state index contributed by atoms with van der Waals surface area (Å²) in [6, 6.07) is 5.86. The number of carbonyl (C=O) groups is 1. The molecule has 0 radical (unpaired) electrons. The fraction of sp³-hybridized carbons (Fsp3) is 0.318. The predicted molar refractivity (Wildman–Crippen MR) is 118 cm³/mol. The summed E-state index contributed by atoms with van der Waals surface area (Å²) in [6.07, 6.45) is 4.20. The first kappa shape index (κ1) is 22.2. The van der Waals surface area contributed by atoms with Crippen LogP contribution in [0.15, 0.2) is 36.7 Å². The Labute approximate surface area is 189 Å². The maximum absolute atomic E-state index is 13.7. The monoisotopic (exact) mass is 459 g/mol. The number of hydrogen-bond donors (Lipinski definition) is 3. The molecule has 1 aliphatic rings. The van der Waals surface area contributed by atoms with E-state index >= 15 is 0 Å². The van der Waals surface area contributed by atoms with E-state index < -0.39 is 17.6 Å². The number of nitrogens with one attached hydrogen (secondary N) is 1. The molecular weight excluding hydrogens is 437 g/mol. The smallest absolute Gasteiger partial charge is 0.250 e. The van der Waals surface area contributed by atoms with E-state index in [-0.39, 0.29) is 23.2 Å². The van der Waals surface area contributed by atoms with Gasteiger partial charge in [-0.1, -0.05) is 17.7 Å². The molecule has 10 heteroatoms. The zero-order valence-corrected chi connectivity index (χ0v) is 18.1. The van der Waals surface area contributed by atoms with Crippen molar-refractivity contribution in [1.82, 2.24) is 14.5 Å². The minimum absolute atomic E-state index is 0.0804. The summed E-state index contributed by atoms with van der Waals surface area (Å²) in [4.78, 5) is 21.2. The summed E-state index contributed by atoms with van der Waals surface area (Å²) in [7, 11) is 0. The lowest BCUT2D eigenvalue weighted by molar-refractivity contribution is 0.0998. The quantitative estimate of drug-likeness (QED) is 0.500. The number of rotatable bonds is 7. The molecule has 168 valence electrons. The van der Waals surface area contributed by atoms with E-state index in [1.54, 1.807) is 23.0 Å². The van der Waals surface area contributed by atoms with Gasteiger partial charge in [0.25, 0.3) is 5.91 Å². The van der Waals surface area contributed by atoms with E-state index in [9.17, 15) is 14.3 Å². The second-order valence-corrected chi connectivity index (χ2v) is 8.07. The number of amides is 1. The Hall–Kier alpha value is -3.01. The lowest BCUT2D eigenvalue weighted by atomic mass is 9.93. The summed E-state index contributed by atoms with van der Waals surface area (Å²) in [5, 5.41) is 13.4. The van der Waals surface area contributed by atoms with Crippen molar-refractivity contribution in [2.45, 2.75) is 25.3 Å². The number of hydrogen-bond acceptors (Lipinski definition) is 6. The first-order valence-corrected chi connectivity index (χ1v) is 10.5. The fourth-order valence-electron chi connectivity index (χ4n) is 3.85. The number of benzene rings is 1. The van der Waals surface area contributed by atoms with Gasteiger partial charge < -0.3 is 25.5 Å². The normalized spacial score (nSPS) is 16.8. The van der Waals surface area contributed by atoms with Crippen molar-refractivity contribution >= 4 is 23.5 Å². The van der Waals surface area contributed by atoms with E-state index in [4.69, 9.17) is 22.1 Å². The molecule has 4 rings (SSSR count). The van der Waals surface area contributed by atoms with Crippen LogP contribution in [-0.4, -0.2) is 51.4 Å². The zero-order chi connectivity index (χ0) is 22.8. The van der Waals surface area contributed by atoms with Gasteiger partial charge in [0.1, 0.15) is 11.6 Å². The Kier molecular flexibility index (Phi) is 6.40. The molecule has 1 aromatic carbocycles. The Morgan fingerprint density at radius 1 is 1.47 bits per heavy atom. The van der Waals surface area contributed by atoms with Crippen LogP contribution in [0.25, 0.3) is 5.82 Å². The van der Waals surface area contributed by atoms with Crippen molar-refractivity contribution in [3.05, 3.63) is 69.9 Å². The molecule has 0 spiro atoms. The number of ether oxygens (including phenoxy) is 1. The standard InChI is InChI=1S/C22H23ClFN5O3/c1-12-9-26-22(27-14-5-7-32-11-14)28-21(12)29-6-4-15(20(25)31)19(29)16(10-30)13-2-3-18(24)17(23)8-13/h2-4,6,8-9,14,16,30H,5,7,10-11H2,1H3,(H2,25,31)(H,26,27,28)/t14?,16-/m0/s1. The van der Waals surface area contributed by atoms with Crippen molar-refractivity contribution in [3.63, 3.8) is 0 Å². The van der Waals surface area contributed by atoms with Crippen molar-refractivity contribution in [1.29, 1.82) is 0 Å². The van der Waals surface area contributed by atoms with Crippen LogP contribution in [0.5, 0.6) is 0 Å².